The van der Waals surface area contributed by atoms with Crippen molar-refractivity contribution < 1.29 is 9.50 Å². The van der Waals surface area contributed by atoms with Crippen molar-refractivity contribution >= 4 is 5.95 Å². The topological polar surface area (TPSA) is 131 Å². The van der Waals surface area contributed by atoms with Gasteiger partial charge >= 0.3 is 0 Å². The first kappa shape index (κ1) is 22.8. The molecular formula is C25H21FN6O2. The van der Waals surface area contributed by atoms with Gasteiger partial charge in [0.05, 0.1) is 34.9 Å². The quantitative estimate of drug-likeness (QED) is 0.471. The SMILES string of the molecule is CC(C)(O)c1cccc(Cn2ccc(-c3cc(-c4cccc(C#N)c4F)nc(N)n3)cc2=O)n1. The summed E-state index contributed by atoms with van der Waals surface area (Å²) in [5, 5.41) is 19.3. The fourth-order valence-corrected chi connectivity index (χ4v) is 3.45. The molecule has 170 valence electrons. The maximum absolute atomic E-state index is 14.7. The lowest BCUT2D eigenvalue weighted by atomic mass is 10.0. The molecule has 34 heavy (non-hydrogen) atoms. The number of hydrogen-bond acceptors (Lipinski definition) is 7. The zero-order chi connectivity index (χ0) is 24.5. The number of rotatable bonds is 5. The van der Waals surface area contributed by atoms with Crippen molar-refractivity contribution in [1.29, 1.82) is 5.26 Å². The lowest BCUT2D eigenvalue weighted by Crippen LogP contribution is -2.22. The molecule has 8 nitrogen and oxygen atoms in total. The van der Waals surface area contributed by atoms with E-state index in [2.05, 4.69) is 15.0 Å². The van der Waals surface area contributed by atoms with Gasteiger partial charge in [0, 0.05) is 23.4 Å². The first-order valence-corrected chi connectivity index (χ1v) is 10.4. The normalized spacial score (nSPS) is 11.3. The minimum Gasteiger partial charge on any atom is -0.384 e. The standard InChI is InChI=1S/C25H21FN6O2/c1-25(2,34)21-8-4-6-17(29-21)14-32-10-9-15(11-22(32)33)19-12-20(31-24(28)30-19)18-7-3-5-16(13-27)23(18)26/h3-12,34H,14H2,1-2H3,(H2,28,30,31). The molecule has 0 bridgehead atoms. The monoisotopic (exact) mass is 456 g/mol. The van der Waals surface area contributed by atoms with Crippen molar-refractivity contribution in [2.45, 2.75) is 26.0 Å². The number of pyridine rings is 2. The maximum atomic E-state index is 14.7. The van der Waals surface area contributed by atoms with Gasteiger partial charge in [0.1, 0.15) is 17.5 Å². The number of benzene rings is 1. The summed E-state index contributed by atoms with van der Waals surface area (Å²) in [6.45, 7) is 3.50. The molecule has 0 amide bonds. The fourth-order valence-electron chi connectivity index (χ4n) is 3.45. The van der Waals surface area contributed by atoms with Crippen LogP contribution in [0.1, 0.15) is 30.8 Å². The Morgan fingerprint density at radius 3 is 2.53 bits per heavy atom. The number of nitrogen functional groups attached to an aromatic ring is 1. The van der Waals surface area contributed by atoms with Crippen molar-refractivity contribution in [2.75, 3.05) is 5.73 Å². The van der Waals surface area contributed by atoms with E-state index in [1.54, 1.807) is 56.4 Å². The predicted octanol–water partition coefficient (Wildman–Crippen LogP) is 3.24. The molecule has 0 atom stereocenters. The molecule has 0 fully saturated rings. The Morgan fingerprint density at radius 2 is 1.82 bits per heavy atom. The van der Waals surface area contributed by atoms with Gasteiger partial charge in [-0.25, -0.2) is 14.4 Å². The number of nitriles is 1. The lowest BCUT2D eigenvalue weighted by molar-refractivity contribution is 0.0736. The zero-order valence-electron chi connectivity index (χ0n) is 18.5. The van der Waals surface area contributed by atoms with E-state index in [-0.39, 0.29) is 34.9 Å². The average Bonchev–Trinajstić information content (AvgIpc) is 2.80. The second-order valence-electron chi connectivity index (χ2n) is 8.23. The van der Waals surface area contributed by atoms with E-state index >= 15 is 0 Å². The molecule has 9 heteroatoms. The largest absolute Gasteiger partial charge is 0.384 e. The van der Waals surface area contributed by atoms with E-state index in [9.17, 15) is 14.3 Å². The fraction of sp³-hybridized carbons (Fsp3) is 0.160. The highest BCUT2D eigenvalue weighted by Gasteiger charge is 2.18. The molecule has 0 radical (unpaired) electrons. The van der Waals surface area contributed by atoms with Crippen LogP contribution in [0.5, 0.6) is 0 Å². The van der Waals surface area contributed by atoms with Gasteiger partial charge in [0.2, 0.25) is 5.95 Å². The summed E-state index contributed by atoms with van der Waals surface area (Å²) in [6, 6.07) is 16.1. The first-order valence-electron chi connectivity index (χ1n) is 10.4. The molecule has 0 spiro atoms. The van der Waals surface area contributed by atoms with Crippen LogP contribution in [-0.2, 0) is 12.1 Å². The summed E-state index contributed by atoms with van der Waals surface area (Å²) in [5.41, 5.74) is 6.61. The Morgan fingerprint density at radius 1 is 1.09 bits per heavy atom. The number of hydrogen-bond donors (Lipinski definition) is 2. The maximum Gasteiger partial charge on any atom is 0.251 e. The summed E-state index contributed by atoms with van der Waals surface area (Å²) < 4.78 is 16.1. The number of anilines is 1. The van der Waals surface area contributed by atoms with Crippen LogP contribution in [0.2, 0.25) is 0 Å². The second-order valence-corrected chi connectivity index (χ2v) is 8.23. The second kappa shape index (κ2) is 8.84. The number of aromatic nitrogens is 4. The molecule has 0 unspecified atom stereocenters. The number of aliphatic hydroxyl groups is 1. The molecule has 0 saturated carbocycles. The molecule has 0 saturated heterocycles. The third-order valence-corrected chi connectivity index (χ3v) is 5.20. The van der Waals surface area contributed by atoms with Gasteiger partial charge in [-0.2, -0.15) is 5.26 Å². The minimum atomic E-state index is -1.10. The van der Waals surface area contributed by atoms with Crippen LogP contribution in [0.4, 0.5) is 10.3 Å². The van der Waals surface area contributed by atoms with Crippen LogP contribution in [-0.4, -0.2) is 24.6 Å². The summed E-state index contributed by atoms with van der Waals surface area (Å²) in [7, 11) is 0. The minimum absolute atomic E-state index is 0.0916. The molecule has 0 aliphatic carbocycles. The summed E-state index contributed by atoms with van der Waals surface area (Å²) in [5.74, 6) is -0.795. The number of nitrogens with zero attached hydrogens (tertiary/aromatic N) is 5. The van der Waals surface area contributed by atoms with E-state index in [1.807, 2.05) is 0 Å². The Balaban J connectivity index is 1.68. The van der Waals surface area contributed by atoms with E-state index in [1.165, 1.54) is 28.8 Å². The van der Waals surface area contributed by atoms with Crippen molar-refractivity contribution in [1.82, 2.24) is 19.5 Å². The van der Waals surface area contributed by atoms with Crippen LogP contribution in [0, 0.1) is 17.1 Å². The van der Waals surface area contributed by atoms with Gasteiger partial charge in [0.25, 0.3) is 5.56 Å². The summed E-state index contributed by atoms with van der Waals surface area (Å²) in [4.78, 5) is 25.5. The van der Waals surface area contributed by atoms with E-state index in [0.29, 0.717) is 22.6 Å². The lowest BCUT2D eigenvalue weighted by Gasteiger charge is -2.17. The van der Waals surface area contributed by atoms with Gasteiger partial charge in [-0.1, -0.05) is 12.1 Å². The van der Waals surface area contributed by atoms with Gasteiger partial charge in [-0.15, -0.1) is 0 Å². The van der Waals surface area contributed by atoms with Crippen LogP contribution in [0.3, 0.4) is 0 Å². The smallest absolute Gasteiger partial charge is 0.251 e. The van der Waals surface area contributed by atoms with E-state index in [4.69, 9.17) is 11.0 Å². The van der Waals surface area contributed by atoms with Crippen molar-refractivity contribution in [2.24, 2.45) is 0 Å². The highest BCUT2D eigenvalue weighted by Crippen LogP contribution is 2.27. The number of nitrogens with two attached hydrogens (primary N) is 1. The molecule has 0 aliphatic heterocycles. The molecular weight excluding hydrogens is 435 g/mol. The molecule has 4 aromatic rings. The van der Waals surface area contributed by atoms with Gasteiger partial charge < -0.3 is 15.4 Å². The van der Waals surface area contributed by atoms with Gasteiger partial charge in [0.15, 0.2) is 0 Å². The van der Waals surface area contributed by atoms with E-state index in [0.717, 1.165) is 0 Å². The van der Waals surface area contributed by atoms with Crippen molar-refractivity contribution in [3.8, 4) is 28.6 Å². The molecule has 0 aliphatic rings. The average molecular weight is 456 g/mol. The van der Waals surface area contributed by atoms with Crippen LogP contribution in [0.15, 0.2) is 65.6 Å². The molecule has 3 aromatic heterocycles. The van der Waals surface area contributed by atoms with Crippen LogP contribution < -0.4 is 11.3 Å². The van der Waals surface area contributed by atoms with Crippen molar-refractivity contribution in [3.63, 3.8) is 0 Å². The third-order valence-electron chi connectivity index (χ3n) is 5.20. The third kappa shape index (κ3) is 4.67. The summed E-state index contributed by atoms with van der Waals surface area (Å²) >= 11 is 0. The van der Waals surface area contributed by atoms with Crippen LogP contribution in [0.25, 0.3) is 22.5 Å². The highest BCUT2D eigenvalue weighted by molar-refractivity contribution is 5.70. The first-order chi connectivity index (χ1) is 16.2. The zero-order valence-corrected chi connectivity index (χ0v) is 18.5. The molecule has 1 aromatic carbocycles. The Bertz CT molecular complexity index is 1480. The van der Waals surface area contributed by atoms with Crippen molar-refractivity contribution in [3.05, 3.63) is 93.9 Å². The van der Waals surface area contributed by atoms with Crippen LogP contribution >= 0.6 is 0 Å². The predicted molar refractivity (Wildman–Crippen MR) is 125 cm³/mol. The Labute approximate surface area is 194 Å². The Hall–Kier alpha value is -4.42. The highest BCUT2D eigenvalue weighted by atomic mass is 19.1. The van der Waals surface area contributed by atoms with Gasteiger partial charge in [-0.3, -0.25) is 9.78 Å². The number of halogens is 1. The van der Waals surface area contributed by atoms with Gasteiger partial charge in [-0.05, 0) is 50.2 Å². The van der Waals surface area contributed by atoms with E-state index < -0.39 is 11.4 Å². The molecule has 4 rings (SSSR count). The molecule has 3 N–H and O–H groups in total. The summed E-state index contributed by atoms with van der Waals surface area (Å²) in [6.07, 6.45) is 1.60. The molecule has 3 heterocycles. The Kier molecular flexibility index (Phi) is 5.92.